The third kappa shape index (κ3) is 5.28. The monoisotopic (exact) mass is 446 g/mol. The molecule has 1 aliphatic carbocycles. The van der Waals surface area contributed by atoms with Gasteiger partial charge in [-0.05, 0) is 37.0 Å². The summed E-state index contributed by atoms with van der Waals surface area (Å²) in [7, 11) is 0. The number of hydrogen-bond donors (Lipinski definition) is 1. The molecule has 0 saturated heterocycles. The molecule has 0 bridgehead atoms. The Morgan fingerprint density at radius 3 is 2.68 bits per heavy atom. The number of pyridine rings is 1. The molecular weight excluding hydrogens is 425 g/mol. The number of alkyl halides is 3. The zero-order chi connectivity index (χ0) is 21.8. The summed E-state index contributed by atoms with van der Waals surface area (Å²) in [5, 5.41) is 7.95. The summed E-state index contributed by atoms with van der Waals surface area (Å²) in [6.45, 7) is 0.687. The molecule has 1 aliphatic rings. The lowest BCUT2D eigenvalue weighted by atomic mass is 9.93. The van der Waals surface area contributed by atoms with Crippen LogP contribution in [-0.4, -0.2) is 26.4 Å². The zero-order valence-corrected chi connectivity index (χ0v) is 17.4. The third-order valence-corrected chi connectivity index (χ3v) is 6.13. The maximum Gasteiger partial charge on any atom is 0.417 e. The first-order chi connectivity index (χ1) is 14.9. The average molecular weight is 446 g/mol. The number of carbonyl (C=O) groups is 1. The highest BCUT2D eigenvalue weighted by molar-refractivity contribution is 7.99. The number of halogens is 3. The topological polar surface area (TPSA) is 59.8 Å². The molecule has 4 rings (SSSR count). The predicted octanol–water partition coefficient (Wildman–Crippen LogP) is 4.63. The number of nitrogens with one attached hydrogen (secondary N) is 1. The number of fused-ring (bicyclic) bond motifs is 1. The second-order valence-corrected chi connectivity index (χ2v) is 8.37. The Morgan fingerprint density at radius 1 is 1.16 bits per heavy atom. The van der Waals surface area contributed by atoms with Crippen LogP contribution >= 0.6 is 11.8 Å². The van der Waals surface area contributed by atoms with E-state index in [1.807, 2.05) is 29.1 Å². The lowest BCUT2D eigenvalue weighted by Gasteiger charge is -2.24. The Labute approximate surface area is 182 Å². The highest BCUT2D eigenvalue weighted by atomic mass is 32.2. The largest absolute Gasteiger partial charge is 0.417 e. The van der Waals surface area contributed by atoms with Gasteiger partial charge in [0.1, 0.15) is 0 Å². The molecular formula is C22H21F3N4OS. The van der Waals surface area contributed by atoms with E-state index in [0.29, 0.717) is 11.6 Å². The van der Waals surface area contributed by atoms with Crippen LogP contribution in [0.3, 0.4) is 0 Å². The number of hydrogen-bond acceptors (Lipinski definition) is 4. The van der Waals surface area contributed by atoms with Gasteiger partial charge in [-0.2, -0.15) is 18.3 Å². The molecule has 9 heteroatoms. The molecule has 0 radical (unpaired) electrons. The van der Waals surface area contributed by atoms with Crippen LogP contribution in [-0.2, 0) is 23.9 Å². The van der Waals surface area contributed by atoms with Crippen molar-refractivity contribution >= 4 is 17.7 Å². The lowest BCUT2D eigenvalue weighted by Crippen LogP contribution is -2.32. The maximum absolute atomic E-state index is 12.6. The molecule has 2 aromatic heterocycles. The number of nitrogens with zero attached hydrogens (tertiary/aromatic N) is 3. The minimum absolute atomic E-state index is 0.0857. The van der Waals surface area contributed by atoms with Crippen LogP contribution < -0.4 is 5.32 Å². The summed E-state index contributed by atoms with van der Waals surface area (Å²) in [5.74, 6) is -0.0946. The molecule has 0 fully saturated rings. The standard InChI is InChI=1S/C22H21F3N4OS/c23-22(24,25)16-9-10-21(26-11-16)31-14-20(30)28-18-7-4-8-19-17(18)12-27-29(19)13-15-5-2-1-3-6-15/h1-3,5-6,9-12,18H,4,7-8,13-14H2,(H,28,30). The van der Waals surface area contributed by atoms with Gasteiger partial charge in [0.25, 0.3) is 0 Å². The van der Waals surface area contributed by atoms with Crippen LogP contribution in [0.2, 0.25) is 0 Å². The van der Waals surface area contributed by atoms with Crippen LogP contribution in [0.4, 0.5) is 13.2 Å². The fraction of sp³-hybridized carbons (Fsp3) is 0.318. The van der Waals surface area contributed by atoms with Gasteiger partial charge in [-0.15, -0.1) is 0 Å². The van der Waals surface area contributed by atoms with Crippen molar-refractivity contribution in [3.05, 3.63) is 77.2 Å². The van der Waals surface area contributed by atoms with Crippen LogP contribution in [0.15, 0.2) is 59.9 Å². The number of carbonyl (C=O) groups excluding carboxylic acids is 1. The van der Waals surface area contributed by atoms with Crippen molar-refractivity contribution in [2.75, 3.05) is 5.75 Å². The van der Waals surface area contributed by atoms with E-state index in [-0.39, 0.29) is 17.7 Å². The molecule has 0 saturated carbocycles. The molecule has 2 heterocycles. The third-order valence-electron chi connectivity index (χ3n) is 5.19. The molecule has 1 atom stereocenters. The van der Waals surface area contributed by atoms with Crippen molar-refractivity contribution in [2.24, 2.45) is 0 Å². The first-order valence-corrected chi connectivity index (χ1v) is 10.9. The van der Waals surface area contributed by atoms with Crippen molar-refractivity contribution in [1.82, 2.24) is 20.1 Å². The molecule has 1 unspecified atom stereocenters. The van der Waals surface area contributed by atoms with Gasteiger partial charge in [0.15, 0.2) is 0 Å². The van der Waals surface area contributed by atoms with E-state index in [9.17, 15) is 18.0 Å². The van der Waals surface area contributed by atoms with Crippen molar-refractivity contribution in [1.29, 1.82) is 0 Å². The summed E-state index contributed by atoms with van der Waals surface area (Å²) in [4.78, 5) is 16.2. The lowest BCUT2D eigenvalue weighted by molar-refractivity contribution is -0.137. The van der Waals surface area contributed by atoms with E-state index >= 15 is 0 Å². The fourth-order valence-electron chi connectivity index (χ4n) is 3.67. The van der Waals surface area contributed by atoms with Crippen LogP contribution in [0, 0.1) is 0 Å². The molecule has 5 nitrogen and oxygen atoms in total. The first kappa shape index (κ1) is 21.4. The van der Waals surface area contributed by atoms with Gasteiger partial charge >= 0.3 is 6.18 Å². The number of amides is 1. The molecule has 162 valence electrons. The predicted molar refractivity (Wildman–Crippen MR) is 112 cm³/mol. The second-order valence-electron chi connectivity index (χ2n) is 7.37. The smallest absolute Gasteiger partial charge is 0.348 e. The summed E-state index contributed by atoms with van der Waals surface area (Å²) in [5.41, 5.74) is 2.54. The second kappa shape index (κ2) is 9.13. The summed E-state index contributed by atoms with van der Waals surface area (Å²) in [6, 6.07) is 12.2. The highest BCUT2D eigenvalue weighted by Crippen LogP contribution is 2.31. The molecule has 1 N–H and O–H groups in total. The number of aromatic nitrogens is 3. The van der Waals surface area contributed by atoms with Crippen molar-refractivity contribution in [3.63, 3.8) is 0 Å². The van der Waals surface area contributed by atoms with Gasteiger partial charge < -0.3 is 5.32 Å². The molecule has 0 aliphatic heterocycles. The molecule has 31 heavy (non-hydrogen) atoms. The maximum atomic E-state index is 12.6. The van der Waals surface area contributed by atoms with Gasteiger partial charge in [0.2, 0.25) is 5.91 Å². The van der Waals surface area contributed by atoms with Gasteiger partial charge in [-0.1, -0.05) is 42.1 Å². The van der Waals surface area contributed by atoms with E-state index in [1.54, 1.807) is 0 Å². The Balaban J connectivity index is 1.35. The van der Waals surface area contributed by atoms with Gasteiger partial charge in [-0.3, -0.25) is 9.48 Å². The van der Waals surface area contributed by atoms with E-state index < -0.39 is 11.7 Å². The van der Waals surface area contributed by atoms with E-state index in [1.165, 1.54) is 11.6 Å². The van der Waals surface area contributed by atoms with Crippen LogP contribution in [0.25, 0.3) is 0 Å². The normalized spacial score (nSPS) is 16.0. The van der Waals surface area contributed by atoms with Crippen molar-refractivity contribution in [2.45, 2.75) is 43.1 Å². The highest BCUT2D eigenvalue weighted by Gasteiger charge is 2.30. The number of rotatable bonds is 6. The SMILES string of the molecule is O=C(CSc1ccc(C(F)(F)F)cn1)NC1CCCc2c1cnn2Cc1ccccc1. The van der Waals surface area contributed by atoms with Crippen molar-refractivity contribution in [3.8, 4) is 0 Å². The average Bonchev–Trinajstić information content (AvgIpc) is 3.16. The minimum Gasteiger partial charge on any atom is -0.348 e. The summed E-state index contributed by atoms with van der Waals surface area (Å²) in [6.07, 6.45) is 0.892. The minimum atomic E-state index is -4.42. The Morgan fingerprint density at radius 2 is 1.97 bits per heavy atom. The molecule has 3 aromatic rings. The molecule has 0 spiro atoms. The van der Waals surface area contributed by atoms with Crippen molar-refractivity contribution < 1.29 is 18.0 Å². The fourth-order valence-corrected chi connectivity index (χ4v) is 4.32. The van der Waals surface area contributed by atoms with Gasteiger partial charge in [0, 0.05) is 17.5 Å². The molecule has 1 amide bonds. The first-order valence-electron chi connectivity index (χ1n) is 9.94. The number of benzene rings is 1. The number of thioether (sulfide) groups is 1. The Bertz CT molecular complexity index is 1040. The van der Waals surface area contributed by atoms with E-state index in [0.717, 1.165) is 54.5 Å². The van der Waals surface area contributed by atoms with Gasteiger partial charge in [-0.25, -0.2) is 4.98 Å². The quantitative estimate of drug-likeness (QED) is 0.561. The van der Waals surface area contributed by atoms with Crippen LogP contribution in [0.5, 0.6) is 0 Å². The summed E-state index contributed by atoms with van der Waals surface area (Å²) < 4.78 is 39.9. The Kier molecular flexibility index (Phi) is 6.31. The van der Waals surface area contributed by atoms with E-state index in [2.05, 4.69) is 27.5 Å². The van der Waals surface area contributed by atoms with Gasteiger partial charge in [0.05, 0.1) is 35.1 Å². The van der Waals surface area contributed by atoms with E-state index in [4.69, 9.17) is 0 Å². The summed E-state index contributed by atoms with van der Waals surface area (Å²) >= 11 is 1.11. The Hall–Kier alpha value is -2.81. The molecule has 1 aromatic carbocycles. The zero-order valence-electron chi connectivity index (χ0n) is 16.6. The van der Waals surface area contributed by atoms with Crippen LogP contribution in [0.1, 0.15) is 41.3 Å².